The first-order valence-electron chi connectivity index (χ1n) is 8.19. The molecule has 5 rings (SSSR count). The molecule has 126 valence electrons. The summed E-state index contributed by atoms with van der Waals surface area (Å²) < 4.78 is 7.76. The molecule has 0 bridgehead atoms. The monoisotopic (exact) mass is 335 g/mol. The van der Waals surface area contributed by atoms with Gasteiger partial charge in [0.25, 0.3) is 0 Å². The van der Waals surface area contributed by atoms with Crippen LogP contribution >= 0.6 is 0 Å². The van der Waals surface area contributed by atoms with E-state index in [0.29, 0.717) is 12.4 Å². The SMILES string of the molecule is Nc1ncnn2c(C3CNCCO3)cc(-c3ccc4cn[nH]c4c3)c12. The summed E-state index contributed by atoms with van der Waals surface area (Å²) in [5.41, 5.74) is 10.9. The van der Waals surface area contributed by atoms with Crippen LogP contribution in [0.4, 0.5) is 5.82 Å². The van der Waals surface area contributed by atoms with Crippen molar-refractivity contribution < 1.29 is 4.74 Å². The predicted molar refractivity (Wildman–Crippen MR) is 94.0 cm³/mol. The highest BCUT2D eigenvalue weighted by molar-refractivity contribution is 5.92. The van der Waals surface area contributed by atoms with Crippen molar-refractivity contribution >= 4 is 22.2 Å². The van der Waals surface area contributed by atoms with Crippen molar-refractivity contribution in [2.75, 3.05) is 25.4 Å². The highest BCUT2D eigenvalue weighted by atomic mass is 16.5. The van der Waals surface area contributed by atoms with Crippen LogP contribution in [0.3, 0.4) is 0 Å². The zero-order chi connectivity index (χ0) is 16.8. The molecule has 1 unspecified atom stereocenters. The van der Waals surface area contributed by atoms with Gasteiger partial charge >= 0.3 is 0 Å². The normalized spacial score (nSPS) is 18.2. The number of nitrogens with one attached hydrogen (secondary N) is 2. The van der Waals surface area contributed by atoms with Crippen molar-refractivity contribution in [1.29, 1.82) is 0 Å². The molecule has 1 aromatic carbocycles. The quantitative estimate of drug-likeness (QED) is 0.513. The van der Waals surface area contributed by atoms with Gasteiger partial charge in [-0.25, -0.2) is 9.50 Å². The van der Waals surface area contributed by atoms with Gasteiger partial charge in [-0.15, -0.1) is 0 Å². The Bertz CT molecular complexity index is 1060. The standard InChI is InChI=1S/C17H17N7O/c18-17-16-12(10-1-2-11-7-21-23-13(11)5-10)6-14(24(16)22-9-20-17)15-8-19-3-4-25-15/h1-2,5-7,9,15,19H,3-4,8H2,(H,21,23)(H2,18,20,22). The molecular weight excluding hydrogens is 318 g/mol. The fourth-order valence-corrected chi connectivity index (χ4v) is 3.40. The number of hydrogen-bond donors (Lipinski definition) is 3. The first-order valence-corrected chi connectivity index (χ1v) is 8.19. The number of benzene rings is 1. The number of hydrogen-bond acceptors (Lipinski definition) is 6. The molecule has 0 aliphatic carbocycles. The Morgan fingerprint density at radius 1 is 1.28 bits per heavy atom. The van der Waals surface area contributed by atoms with Gasteiger partial charge in [-0.3, -0.25) is 5.10 Å². The first-order chi connectivity index (χ1) is 12.3. The van der Waals surface area contributed by atoms with Crippen molar-refractivity contribution in [2.45, 2.75) is 6.10 Å². The maximum Gasteiger partial charge on any atom is 0.151 e. The van der Waals surface area contributed by atoms with Crippen LogP contribution in [0.15, 0.2) is 36.8 Å². The third kappa shape index (κ3) is 2.26. The van der Waals surface area contributed by atoms with Gasteiger partial charge in [-0.1, -0.05) is 12.1 Å². The van der Waals surface area contributed by atoms with Gasteiger partial charge in [0.15, 0.2) is 5.82 Å². The highest BCUT2D eigenvalue weighted by Crippen LogP contribution is 2.34. The summed E-state index contributed by atoms with van der Waals surface area (Å²) in [6.45, 7) is 2.28. The smallest absolute Gasteiger partial charge is 0.151 e. The molecular formula is C17H17N7O. The summed E-state index contributed by atoms with van der Waals surface area (Å²) in [6, 6.07) is 8.25. The van der Waals surface area contributed by atoms with Gasteiger partial charge in [0.05, 0.1) is 24.0 Å². The lowest BCUT2D eigenvalue weighted by atomic mass is 10.0. The van der Waals surface area contributed by atoms with Crippen molar-refractivity contribution in [2.24, 2.45) is 0 Å². The van der Waals surface area contributed by atoms with Gasteiger partial charge < -0.3 is 15.8 Å². The zero-order valence-corrected chi connectivity index (χ0v) is 13.4. The maximum absolute atomic E-state index is 6.18. The first kappa shape index (κ1) is 14.4. The lowest BCUT2D eigenvalue weighted by molar-refractivity contribution is 0.0240. The number of H-pyrrole nitrogens is 1. The molecule has 8 heteroatoms. The van der Waals surface area contributed by atoms with E-state index in [1.807, 2.05) is 10.6 Å². The van der Waals surface area contributed by atoms with Crippen LogP contribution in [0.1, 0.15) is 11.8 Å². The van der Waals surface area contributed by atoms with Crippen molar-refractivity contribution in [3.63, 3.8) is 0 Å². The summed E-state index contributed by atoms with van der Waals surface area (Å²) in [7, 11) is 0. The Balaban J connectivity index is 1.74. The Morgan fingerprint density at radius 3 is 3.12 bits per heavy atom. The second kappa shape index (κ2) is 5.54. The Kier molecular flexibility index (Phi) is 3.19. The lowest BCUT2D eigenvalue weighted by Gasteiger charge is -2.23. The van der Waals surface area contributed by atoms with Crippen LogP contribution in [0.25, 0.3) is 27.5 Å². The summed E-state index contributed by atoms with van der Waals surface area (Å²) in [5.74, 6) is 0.449. The molecule has 25 heavy (non-hydrogen) atoms. The maximum atomic E-state index is 6.18. The molecule has 1 saturated heterocycles. The average molecular weight is 335 g/mol. The van der Waals surface area contributed by atoms with E-state index in [-0.39, 0.29) is 6.10 Å². The number of nitrogens with zero attached hydrogens (tertiary/aromatic N) is 4. The molecule has 1 aliphatic heterocycles. The summed E-state index contributed by atoms with van der Waals surface area (Å²) in [4.78, 5) is 4.17. The summed E-state index contributed by atoms with van der Waals surface area (Å²) in [6.07, 6.45) is 3.21. The molecule has 0 spiro atoms. The number of ether oxygens (including phenoxy) is 1. The molecule has 1 fully saturated rings. The fraction of sp³-hybridized carbons (Fsp3) is 0.235. The van der Waals surface area contributed by atoms with Gasteiger partial charge in [-0.05, 0) is 17.7 Å². The number of anilines is 1. The van der Waals surface area contributed by atoms with Crippen molar-refractivity contribution in [1.82, 2.24) is 30.1 Å². The second-order valence-corrected chi connectivity index (χ2v) is 6.12. The van der Waals surface area contributed by atoms with Gasteiger partial charge in [0.1, 0.15) is 17.9 Å². The minimum atomic E-state index is -0.0693. The number of nitrogens with two attached hydrogens (primary N) is 1. The fourth-order valence-electron chi connectivity index (χ4n) is 3.40. The molecule has 1 atom stereocenters. The van der Waals surface area contributed by atoms with Gasteiger partial charge in [0, 0.05) is 24.0 Å². The topological polar surface area (TPSA) is 106 Å². The van der Waals surface area contributed by atoms with E-state index in [0.717, 1.165) is 46.3 Å². The van der Waals surface area contributed by atoms with E-state index in [2.05, 4.69) is 43.8 Å². The van der Waals surface area contributed by atoms with Crippen LogP contribution in [-0.2, 0) is 4.74 Å². The molecule has 1 aliphatic rings. The van der Waals surface area contributed by atoms with Crippen LogP contribution < -0.4 is 11.1 Å². The molecule has 0 radical (unpaired) electrons. The third-order valence-corrected chi connectivity index (χ3v) is 4.62. The molecule has 4 heterocycles. The number of morpholine rings is 1. The van der Waals surface area contributed by atoms with E-state index >= 15 is 0 Å². The molecule has 0 amide bonds. The van der Waals surface area contributed by atoms with Gasteiger partial charge in [0.2, 0.25) is 0 Å². The Hall–Kier alpha value is -2.97. The summed E-state index contributed by atoms with van der Waals surface area (Å²) in [5, 5.41) is 15.9. The molecule has 4 N–H and O–H groups in total. The van der Waals surface area contributed by atoms with Crippen LogP contribution in [0.5, 0.6) is 0 Å². The van der Waals surface area contributed by atoms with E-state index < -0.39 is 0 Å². The molecule has 0 saturated carbocycles. The molecule has 4 aromatic rings. The minimum absolute atomic E-state index is 0.0693. The Morgan fingerprint density at radius 2 is 2.24 bits per heavy atom. The number of fused-ring (bicyclic) bond motifs is 2. The average Bonchev–Trinajstić information content (AvgIpc) is 3.27. The number of rotatable bonds is 2. The van der Waals surface area contributed by atoms with E-state index in [1.165, 1.54) is 6.33 Å². The number of nitrogen functional groups attached to an aromatic ring is 1. The van der Waals surface area contributed by atoms with Crippen LogP contribution in [0, 0.1) is 0 Å². The molecule has 3 aromatic heterocycles. The predicted octanol–water partition coefficient (Wildman–Crippen LogP) is 1.52. The minimum Gasteiger partial charge on any atom is -0.382 e. The number of aromatic amines is 1. The summed E-state index contributed by atoms with van der Waals surface area (Å²) >= 11 is 0. The van der Waals surface area contributed by atoms with Crippen molar-refractivity contribution in [3.8, 4) is 11.1 Å². The van der Waals surface area contributed by atoms with E-state index in [4.69, 9.17) is 10.5 Å². The lowest BCUT2D eigenvalue weighted by Crippen LogP contribution is -2.34. The third-order valence-electron chi connectivity index (χ3n) is 4.62. The van der Waals surface area contributed by atoms with Crippen molar-refractivity contribution in [3.05, 3.63) is 42.5 Å². The second-order valence-electron chi connectivity index (χ2n) is 6.12. The highest BCUT2D eigenvalue weighted by Gasteiger charge is 2.23. The molecule has 8 nitrogen and oxygen atoms in total. The van der Waals surface area contributed by atoms with E-state index in [1.54, 1.807) is 6.20 Å². The Labute approximate surface area is 143 Å². The van der Waals surface area contributed by atoms with Crippen LogP contribution in [-0.4, -0.2) is 44.5 Å². The zero-order valence-electron chi connectivity index (χ0n) is 13.4. The van der Waals surface area contributed by atoms with Crippen LogP contribution in [0.2, 0.25) is 0 Å². The number of aromatic nitrogens is 5. The largest absolute Gasteiger partial charge is 0.382 e. The van der Waals surface area contributed by atoms with E-state index in [9.17, 15) is 0 Å². The van der Waals surface area contributed by atoms with Gasteiger partial charge in [-0.2, -0.15) is 10.2 Å².